The van der Waals surface area contributed by atoms with Crippen molar-refractivity contribution in [3.63, 3.8) is 0 Å². The SMILES string of the molecule is Cc1ccc(-c2nc3ccccc3o2)cc1NC(=O)COc1ccc(C(C)(C)C)cc1. The molecule has 0 aliphatic carbocycles. The van der Waals surface area contributed by atoms with E-state index in [1.54, 1.807) is 0 Å². The first-order chi connectivity index (χ1) is 14.8. The van der Waals surface area contributed by atoms with E-state index in [0.717, 1.165) is 22.2 Å². The summed E-state index contributed by atoms with van der Waals surface area (Å²) in [5, 5.41) is 2.93. The van der Waals surface area contributed by atoms with Crippen molar-refractivity contribution in [3.8, 4) is 17.2 Å². The Kier molecular flexibility index (Phi) is 5.51. The van der Waals surface area contributed by atoms with Gasteiger partial charge in [0.25, 0.3) is 5.91 Å². The molecule has 4 rings (SSSR count). The van der Waals surface area contributed by atoms with E-state index in [9.17, 15) is 4.79 Å². The fraction of sp³-hybridized carbons (Fsp3) is 0.231. The van der Waals surface area contributed by atoms with E-state index in [2.05, 4.69) is 31.1 Å². The lowest BCUT2D eigenvalue weighted by atomic mass is 9.87. The van der Waals surface area contributed by atoms with Crippen LogP contribution in [0, 0.1) is 6.92 Å². The van der Waals surface area contributed by atoms with Crippen molar-refractivity contribution in [1.29, 1.82) is 0 Å². The van der Waals surface area contributed by atoms with Gasteiger partial charge in [-0.3, -0.25) is 4.79 Å². The van der Waals surface area contributed by atoms with Crippen LogP contribution in [-0.2, 0) is 10.2 Å². The molecule has 0 unspecified atom stereocenters. The Morgan fingerprint density at radius 2 is 1.77 bits per heavy atom. The van der Waals surface area contributed by atoms with Gasteiger partial charge >= 0.3 is 0 Å². The highest BCUT2D eigenvalue weighted by Crippen LogP contribution is 2.28. The van der Waals surface area contributed by atoms with Crippen LogP contribution in [0.4, 0.5) is 5.69 Å². The van der Waals surface area contributed by atoms with Crippen molar-refractivity contribution < 1.29 is 13.9 Å². The van der Waals surface area contributed by atoms with Crippen LogP contribution in [0.3, 0.4) is 0 Å². The van der Waals surface area contributed by atoms with Crippen molar-refractivity contribution in [2.75, 3.05) is 11.9 Å². The van der Waals surface area contributed by atoms with Gasteiger partial charge in [-0.15, -0.1) is 0 Å². The van der Waals surface area contributed by atoms with Crippen molar-refractivity contribution >= 4 is 22.7 Å². The largest absolute Gasteiger partial charge is 0.484 e. The molecule has 1 aromatic heterocycles. The Labute approximate surface area is 182 Å². The molecule has 31 heavy (non-hydrogen) atoms. The van der Waals surface area contributed by atoms with Crippen LogP contribution in [0.15, 0.2) is 71.1 Å². The number of oxazole rings is 1. The number of carbonyl (C=O) groups is 1. The summed E-state index contributed by atoms with van der Waals surface area (Å²) in [7, 11) is 0. The molecule has 0 spiro atoms. The van der Waals surface area contributed by atoms with Crippen molar-refractivity contribution in [1.82, 2.24) is 4.98 Å². The lowest BCUT2D eigenvalue weighted by Crippen LogP contribution is -2.20. The fourth-order valence-electron chi connectivity index (χ4n) is 3.27. The number of fused-ring (bicyclic) bond motifs is 1. The standard InChI is InChI=1S/C26H26N2O3/c1-17-9-10-18(25-28-21-7-5-6-8-23(21)31-25)15-22(17)27-24(29)16-30-20-13-11-19(12-14-20)26(2,3)4/h5-15H,16H2,1-4H3,(H,27,29). The van der Waals surface area contributed by atoms with Crippen molar-refractivity contribution in [3.05, 3.63) is 77.9 Å². The monoisotopic (exact) mass is 414 g/mol. The average Bonchev–Trinajstić information content (AvgIpc) is 3.18. The number of nitrogens with one attached hydrogen (secondary N) is 1. The molecule has 0 radical (unpaired) electrons. The van der Waals surface area contributed by atoms with Crippen LogP contribution in [0.1, 0.15) is 31.9 Å². The van der Waals surface area contributed by atoms with Crippen LogP contribution in [0.25, 0.3) is 22.6 Å². The van der Waals surface area contributed by atoms with Gasteiger partial charge < -0.3 is 14.5 Å². The molecule has 0 bridgehead atoms. The highest BCUT2D eigenvalue weighted by molar-refractivity contribution is 5.93. The molecule has 0 saturated carbocycles. The zero-order valence-corrected chi connectivity index (χ0v) is 18.2. The summed E-state index contributed by atoms with van der Waals surface area (Å²) in [6.45, 7) is 8.36. The summed E-state index contributed by atoms with van der Waals surface area (Å²) in [5.41, 5.74) is 5.28. The van der Waals surface area contributed by atoms with Crippen LogP contribution >= 0.6 is 0 Å². The topological polar surface area (TPSA) is 64.4 Å². The first-order valence-corrected chi connectivity index (χ1v) is 10.3. The summed E-state index contributed by atoms with van der Waals surface area (Å²) < 4.78 is 11.5. The Morgan fingerprint density at radius 1 is 1.03 bits per heavy atom. The summed E-state index contributed by atoms with van der Waals surface area (Å²) in [6.07, 6.45) is 0. The lowest BCUT2D eigenvalue weighted by Gasteiger charge is -2.19. The number of aryl methyl sites for hydroxylation is 1. The maximum absolute atomic E-state index is 12.5. The minimum Gasteiger partial charge on any atom is -0.484 e. The summed E-state index contributed by atoms with van der Waals surface area (Å²) in [6, 6.07) is 21.2. The molecule has 3 aromatic carbocycles. The van der Waals surface area contributed by atoms with Crippen LogP contribution in [0.5, 0.6) is 5.75 Å². The normalized spacial score (nSPS) is 11.5. The van der Waals surface area contributed by atoms with Gasteiger partial charge in [-0.05, 0) is 59.9 Å². The van der Waals surface area contributed by atoms with E-state index >= 15 is 0 Å². The molecule has 0 aliphatic heterocycles. The van der Waals surface area contributed by atoms with E-state index in [1.807, 2.05) is 73.7 Å². The van der Waals surface area contributed by atoms with Crippen molar-refractivity contribution in [2.24, 2.45) is 0 Å². The first kappa shape index (κ1) is 20.7. The molecular formula is C26H26N2O3. The van der Waals surface area contributed by atoms with E-state index in [-0.39, 0.29) is 17.9 Å². The molecule has 5 heteroatoms. The minimum absolute atomic E-state index is 0.0680. The highest BCUT2D eigenvalue weighted by atomic mass is 16.5. The second-order valence-corrected chi connectivity index (χ2v) is 8.63. The maximum atomic E-state index is 12.5. The Hall–Kier alpha value is -3.60. The molecule has 0 fully saturated rings. The van der Waals surface area contributed by atoms with Crippen LogP contribution < -0.4 is 10.1 Å². The predicted molar refractivity (Wildman–Crippen MR) is 123 cm³/mol. The molecule has 0 atom stereocenters. The minimum atomic E-state index is -0.224. The summed E-state index contributed by atoms with van der Waals surface area (Å²) in [5.74, 6) is 0.963. The van der Waals surface area contributed by atoms with Gasteiger partial charge in [-0.2, -0.15) is 0 Å². The van der Waals surface area contributed by atoms with Crippen molar-refractivity contribution in [2.45, 2.75) is 33.1 Å². The van der Waals surface area contributed by atoms with Gasteiger partial charge in [-0.1, -0.05) is 51.1 Å². The molecule has 4 aromatic rings. The highest BCUT2D eigenvalue weighted by Gasteiger charge is 2.14. The van der Waals surface area contributed by atoms with E-state index in [1.165, 1.54) is 5.56 Å². The number of carbonyl (C=O) groups excluding carboxylic acids is 1. The Morgan fingerprint density at radius 3 is 2.48 bits per heavy atom. The third kappa shape index (κ3) is 4.77. The van der Waals surface area contributed by atoms with Gasteiger partial charge in [0.2, 0.25) is 5.89 Å². The number of amides is 1. The fourth-order valence-corrected chi connectivity index (χ4v) is 3.27. The molecule has 5 nitrogen and oxygen atoms in total. The molecule has 0 saturated heterocycles. The average molecular weight is 415 g/mol. The number of rotatable bonds is 5. The number of nitrogens with zero attached hydrogens (tertiary/aromatic N) is 1. The lowest BCUT2D eigenvalue weighted by molar-refractivity contribution is -0.118. The third-order valence-corrected chi connectivity index (χ3v) is 5.14. The number of benzene rings is 3. The maximum Gasteiger partial charge on any atom is 0.262 e. The van der Waals surface area contributed by atoms with Gasteiger partial charge in [0, 0.05) is 11.3 Å². The van der Waals surface area contributed by atoms with Gasteiger partial charge in [-0.25, -0.2) is 4.98 Å². The smallest absolute Gasteiger partial charge is 0.262 e. The first-order valence-electron chi connectivity index (χ1n) is 10.3. The number of para-hydroxylation sites is 2. The van der Waals surface area contributed by atoms with Gasteiger partial charge in [0.15, 0.2) is 12.2 Å². The zero-order valence-electron chi connectivity index (χ0n) is 18.2. The zero-order chi connectivity index (χ0) is 22.0. The van der Waals surface area contributed by atoms with Crippen LogP contribution in [0.2, 0.25) is 0 Å². The molecule has 1 heterocycles. The second kappa shape index (κ2) is 8.26. The number of anilines is 1. The number of hydrogen-bond donors (Lipinski definition) is 1. The molecular weight excluding hydrogens is 388 g/mol. The van der Waals surface area contributed by atoms with Gasteiger partial charge in [0.1, 0.15) is 11.3 Å². The summed E-state index contributed by atoms with van der Waals surface area (Å²) >= 11 is 0. The number of hydrogen-bond acceptors (Lipinski definition) is 4. The Bertz CT molecular complexity index is 1180. The van der Waals surface area contributed by atoms with E-state index < -0.39 is 0 Å². The summed E-state index contributed by atoms with van der Waals surface area (Å²) in [4.78, 5) is 17.0. The quantitative estimate of drug-likeness (QED) is 0.427. The Balaban J connectivity index is 1.44. The molecule has 158 valence electrons. The van der Waals surface area contributed by atoms with Crippen LogP contribution in [-0.4, -0.2) is 17.5 Å². The molecule has 1 N–H and O–H groups in total. The number of ether oxygens (including phenoxy) is 1. The van der Waals surface area contributed by atoms with E-state index in [0.29, 0.717) is 17.3 Å². The molecule has 1 amide bonds. The van der Waals surface area contributed by atoms with Gasteiger partial charge in [0.05, 0.1) is 0 Å². The third-order valence-electron chi connectivity index (χ3n) is 5.14. The predicted octanol–water partition coefficient (Wildman–Crippen LogP) is 6.12. The second-order valence-electron chi connectivity index (χ2n) is 8.63. The number of aromatic nitrogens is 1. The molecule has 0 aliphatic rings. The van der Waals surface area contributed by atoms with E-state index in [4.69, 9.17) is 9.15 Å².